The molecule has 0 saturated heterocycles. The lowest BCUT2D eigenvalue weighted by Crippen LogP contribution is -2.21. The molecule has 5 nitrogen and oxygen atoms in total. The summed E-state index contributed by atoms with van der Waals surface area (Å²) in [5.41, 5.74) is 3.41. The summed E-state index contributed by atoms with van der Waals surface area (Å²) in [7, 11) is 0. The van der Waals surface area contributed by atoms with Gasteiger partial charge in [-0.2, -0.15) is 5.10 Å². The van der Waals surface area contributed by atoms with E-state index < -0.39 is 0 Å². The van der Waals surface area contributed by atoms with Crippen molar-refractivity contribution in [3.05, 3.63) is 76.6 Å². The minimum Gasteiger partial charge on any atom is -0.484 e. The SMILES string of the molecule is Cc1nn(Cc2cccc(Cl)c2)c(C)c1NC(=O)COc1ccccc1. The molecule has 0 aliphatic carbocycles. The van der Waals surface area contributed by atoms with Gasteiger partial charge in [-0.3, -0.25) is 9.48 Å². The minimum atomic E-state index is -0.220. The molecule has 1 amide bonds. The Hall–Kier alpha value is -2.79. The Morgan fingerprint density at radius 2 is 1.92 bits per heavy atom. The number of aryl methyl sites for hydroxylation is 1. The molecule has 0 saturated carbocycles. The molecule has 0 spiro atoms. The second-order valence-electron chi connectivity index (χ2n) is 5.98. The number of anilines is 1. The number of rotatable bonds is 6. The van der Waals surface area contributed by atoms with Crippen LogP contribution in [0.2, 0.25) is 5.02 Å². The zero-order valence-electron chi connectivity index (χ0n) is 14.7. The first-order valence-electron chi connectivity index (χ1n) is 8.29. The summed E-state index contributed by atoms with van der Waals surface area (Å²) in [6.45, 7) is 4.33. The maximum absolute atomic E-state index is 12.2. The van der Waals surface area contributed by atoms with Crippen LogP contribution < -0.4 is 10.1 Å². The molecule has 134 valence electrons. The van der Waals surface area contributed by atoms with Crippen molar-refractivity contribution in [1.29, 1.82) is 0 Å². The quantitative estimate of drug-likeness (QED) is 0.707. The molecule has 1 heterocycles. The van der Waals surface area contributed by atoms with E-state index >= 15 is 0 Å². The molecule has 6 heteroatoms. The van der Waals surface area contributed by atoms with E-state index in [1.54, 1.807) is 0 Å². The average molecular weight is 370 g/mol. The fraction of sp³-hybridized carbons (Fsp3) is 0.200. The van der Waals surface area contributed by atoms with E-state index in [-0.39, 0.29) is 12.5 Å². The maximum Gasteiger partial charge on any atom is 0.262 e. The summed E-state index contributed by atoms with van der Waals surface area (Å²) in [6, 6.07) is 16.9. The van der Waals surface area contributed by atoms with Gasteiger partial charge in [0.05, 0.1) is 23.6 Å². The fourth-order valence-corrected chi connectivity index (χ4v) is 2.89. The van der Waals surface area contributed by atoms with E-state index in [1.807, 2.05) is 73.1 Å². The normalized spacial score (nSPS) is 10.6. The molecule has 26 heavy (non-hydrogen) atoms. The molecule has 0 unspecified atom stereocenters. The van der Waals surface area contributed by atoms with Crippen LogP contribution in [0.5, 0.6) is 5.75 Å². The van der Waals surface area contributed by atoms with Crippen LogP contribution in [-0.2, 0) is 11.3 Å². The molecule has 0 aliphatic heterocycles. The summed E-state index contributed by atoms with van der Waals surface area (Å²) in [5.74, 6) is 0.440. The van der Waals surface area contributed by atoms with Gasteiger partial charge in [0.2, 0.25) is 0 Å². The molecule has 0 fully saturated rings. The number of carbonyl (C=O) groups excluding carboxylic acids is 1. The van der Waals surface area contributed by atoms with Gasteiger partial charge in [-0.25, -0.2) is 0 Å². The molecule has 0 radical (unpaired) electrons. The Morgan fingerprint density at radius 1 is 1.15 bits per heavy atom. The summed E-state index contributed by atoms with van der Waals surface area (Å²) < 4.78 is 7.34. The van der Waals surface area contributed by atoms with Crippen LogP contribution in [0.4, 0.5) is 5.69 Å². The van der Waals surface area contributed by atoms with E-state index in [4.69, 9.17) is 16.3 Å². The highest BCUT2D eigenvalue weighted by Gasteiger charge is 2.15. The molecule has 3 aromatic rings. The third kappa shape index (κ3) is 4.43. The van der Waals surface area contributed by atoms with Crippen molar-refractivity contribution in [2.75, 3.05) is 11.9 Å². The number of nitrogens with one attached hydrogen (secondary N) is 1. The Balaban J connectivity index is 1.66. The summed E-state index contributed by atoms with van der Waals surface area (Å²) >= 11 is 6.04. The Kier molecular flexibility index (Phi) is 5.58. The monoisotopic (exact) mass is 369 g/mol. The van der Waals surface area contributed by atoms with Crippen molar-refractivity contribution >= 4 is 23.2 Å². The molecule has 3 rings (SSSR count). The number of carbonyl (C=O) groups is 1. The standard InChI is InChI=1S/C20H20ClN3O2/c1-14-20(22-19(25)13-26-18-9-4-3-5-10-18)15(2)24(23-14)12-16-7-6-8-17(21)11-16/h3-11H,12-13H2,1-2H3,(H,22,25). The third-order valence-electron chi connectivity index (χ3n) is 3.98. The average Bonchev–Trinajstić information content (AvgIpc) is 2.88. The van der Waals surface area contributed by atoms with Gasteiger partial charge in [0.1, 0.15) is 5.75 Å². The number of benzene rings is 2. The predicted molar refractivity (Wildman–Crippen MR) is 103 cm³/mol. The van der Waals surface area contributed by atoms with Gasteiger partial charge in [-0.1, -0.05) is 41.9 Å². The van der Waals surface area contributed by atoms with E-state index in [9.17, 15) is 4.79 Å². The van der Waals surface area contributed by atoms with Crippen LogP contribution in [0.3, 0.4) is 0 Å². The first-order valence-corrected chi connectivity index (χ1v) is 8.67. The molecule has 1 N–H and O–H groups in total. The number of hydrogen-bond acceptors (Lipinski definition) is 3. The van der Waals surface area contributed by atoms with Gasteiger partial charge in [0.15, 0.2) is 6.61 Å². The van der Waals surface area contributed by atoms with Gasteiger partial charge >= 0.3 is 0 Å². The lowest BCUT2D eigenvalue weighted by atomic mass is 10.2. The van der Waals surface area contributed by atoms with E-state index in [2.05, 4.69) is 10.4 Å². The van der Waals surface area contributed by atoms with Crippen molar-refractivity contribution in [2.24, 2.45) is 0 Å². The molecular weight excluding hydrogens is 350 g/mol. The summed E-state index contributed by atoms with van der Waals surface area (Å²) in [6.07, 6.45) is 0. The van der Waals surface area contributed by atoms with Gasteiger partial charge in [0.25, 0.3) is 5.91 Å². The highest BCUT2D eigenvalue weighted by molar-refractivity contribution is 6.30. The Bertz CT molecular complexity index is 907. The highest BCUT2D eigenvalue weighted by Crippen LogP contribution is 2.21. The number of amides is 1. The van der Waals surface area contributed by atoms with E-state index in [1.165, 1.54) is 0 Å². The Morgan fingerprint density at radius 3 is 2.65 bits per heavy atom. The van der Waals surface area contributed by atoms with Crippen LogP contribution in [0, 0.1) is 13.8 Å². The topological polar surface area (TPSA) is 56.2 Å². The number of aromatic nitrogens is 2. The summed E-state index contributed by atoms with van der Waals surface area (Å²) in [4.78, 5) is 12.2. The lowest BCUT2D eigenvalue weighted by Gasteiger charge is -2.09. The molecule has 0 bridgehead atoms. The van der Waals surface area contributed by atoms with Crippen LogP contribution in [0.1, 0.15) is 17.0 Å². The lowest BCUT2D eigenvalue weighted by molar-refractivity contribution is -0.118. The van der Waals surface area contributed by atoms with Gasteiger partial charge in [0, 0.05) is 5.02 Å². The number of halogens is 1. The molecule has 0 aliphatic rings. The van der Waals surface area contributed by atoms with Crippen LogP contribution in [-0.4, -0.2) is 22.3 Å². The van der Waals surface area contributed by atoms with Crippen LogP contribution in [0.25, 0.3) is 0 Å². The van der Waals surface area contributed by atoms with E-state index in [0.717, 1.165) is 17.0 Å². The van der Waals surface area contributed by atoms with Crippen molar-refractivity contribution in [3.63, 3.8) is 0 Å². The third-order valence-corrected chi connectivity index (χ3v) is 4.22. The van der Waals surface area contributed by atoms with Crippen LogP contribution in [0.15, 0.2) is 54.6 Å². The van der Waals surface area contributed by atoms with Gasteiger partial charge < -0.3 is 10.1 Å². The zero-order valence-corrected chi connectivity index (χ0v) is 15.5. The second kappa shape index (κ2) is 8.06. The number of hydrogen-bond donors (Lipinski definition) is 1. The zero-order chi connectivity index (χ0) is 18.5. The fourth-order valence-electron chi connectivity index (χ4n) is 2.68. The second-order valence-corrected chi connectivity index (χ2v) is 6.42. The van der Waals surface area contributed by atoms with Crippen molar-refractivity contribution < 1.29 is 9.53 Å². The molecule has 2 aromatic carbocycles. The first kappa shape index (κ1) is 18.0. The van der Waals surface area contributed by atoms with Crippen molar-refractivity contribution in [1.82, 2.24) is 9.78 Å². The summed E-state index contributed by atoms with van der Waals surface area (Å²) in [5, 5.41) is 8.11. The van der Waals surface area contributed by atoms with Crippen molar-refractivity contribution in [2.45, 2.75) is 20.4 Å². The highest BCUT2D eigenvalue weighted by atomic mass is 35.5. The molecular formula is C20H20ClN3O2. The maximum atomic E-state index is 12.2. The first-order chi connectivity index (χ1) is 12.5. The smallest absolute Gasteiger partial charge is 0.262 e. The largest absolute Gasteiger partial charge is 0.484 e. The number of ether oxygens (including phenoxy) is 1. The van der Waals surface area contributed by atoms with E-state index in [0.29, 0.717) is 23.0 Å². The Labute approximate surface area is 157 Å². The van der Waals surface area contributed by atoms with Gasteiger partial charge in [-0.15, -0.1) is 0 Å². The number of para-hydroxylation sites is 1. The van der Waals surface area contributed by atoms with Crippen molar-refractivity contribution in [3.8, 4) is 5.75 Å². The number of nitrogens with zero attached hydrogens (tertiary/aromatic N) is 2. The van der Waals surface area contributed by atoms with Crippen LogP contribution >= 0.6 is 11.6 Å². The molecule has 1 aromatic heterocycles. The minimum absolute atomic E-state index is 0.0532. The van der Waals surface area contributed by atoms with Gasteiger partial charge in [-0.05, 0) is 43.7 Å². The predicted octanol–water partition coefficient (Wildman–Crippen LogP) is 4.22. The molecule has 0 atom stereocenters.